The molecule has 0 fully saturated rings. The molecule has 0 unspecified atom stereocenters. The van der Waals surface area contributed by atoms with E-state index in [2.05, 4.69) is 0 Å². The second-order valence-electron chi connectivity index (χ2n) is 4.30. The third-order valence-electron chi connectivity index (χ3n) is 2.90. The fourth-order valence-electron chi connectivity index (χ4n) is 1.81. The zero-order valence-electron chi connectivity index (χ0n) is 10.9. The molecule has 0 aliphatic heterocycles. The fraction of sp³-hybridized carbons (Fsp3) is 0.231. The minimum Gasteiger partial charge on any atom is -0.326 e. The van der Waals surface area contributed by atoms with Crippen molar-refractivity contribution in [2.24, 2.45) is 5.73 Å². The number of thiophene rings is 1. The van der Waals surface area contributed by atoms with E-state index >= 15 is 0 Å². The molecule has 0 atom stereocenters. The van der Waals surface area contributed by atoms with Crippen molar-refractivity contribution in [1.82, 2.24) is 4.31 Å². The molecule has 20 heavy (non-hydrogen) atoms. The van der Waals surface area contributed by atoms with Gasteiger partial charge in [-0.05, 0) is 29.1 Å². The summed E-state index contributed by atoms with van der Waals surface area (Å²) < 4.78 is 39.5. The van der Waals surface area contributed by atoms with E-state index in [1.807, 2.05) is 17.5 Å². The topological polar surface area (TPSA) is 63.4 Å². The van der Waals surface area contributed by atoms with Gasteiger partial charge in [-0.2, -0.15) is 4.31 Å². The van der Waals surface area contributed by atoms with Crippen molar-refractivity contribution < 1.29 is 12.8 Å². The third-order valence-corrected chi connectivity index (χ3v) is 5.64. The summed E-state index contributed by atoms with van der Waals surface area (Å²) in [6.07, 6.45) is 0. The lowest BCUT2D eigenvalue weighted by Crippen LogP contribution is -2.27. The Hall–Kier alpha value is -1.28. The summed E-state index contributed by atoms with van der Waals surface area (Å²) in [6.45, 7) is 0.294. The molecule has 0 saturated heterocycles. The molecule has 1 aromatic heterocycles. The summed E-state index contributed by atoms with van der Waals surface area (Å²) in [7, 11) is -2.29. The van der Waals surface area contributed by atoms with Crippen LogP contribution in [0.4, 0.5) is 4.39 Å². The first-order valence-corrected chi connectivity index (χ1v) is 8.24. The van der Waals surface area contributed by atoms with Crippen molar-refractivity contribution in [1.29, 1.82) is 0 Å². The summed E-state index contributed by atoms with van der Waals surface area (Å²) in [4.78, 5) is 0.848. The van der Waals surface area contributed by atoms with Gasteiger partial charge in [-0.15, -0.1) is 11.3 Å². The Kier molecular flexibility index (Phi) is 4.54. The van der Waals surface area contributed by atoms with Crippen LogP contribution in [0.1, 0.15) is 10.4 Å². The van der Waals surface area contributed by atoms with Crippen molar-refractivity contribution in [2.45, 2.75) is 18.0 Å². The number of nitrogens with two attached hydrogens (primary N) is 1. The van der Waals surface area contributed by atoms with Crippen LogP contribution in [0.25, 0.3) is 0 Å². The zero-order chi connectivity index (χ0) is 14.8. The van der Waals surface area contributed by atoms with Gasteiger partial charge in [0.15, 0.2) is 0 Å². The van der Waals surface area contributed by atoms with Crippen LogP contribution in [0.2, 0.25) is 0 Å². The summed E-state index contributed by atoms with van der Waals surface area (Å²) in [5.41, 5.74) is 5.94. The molecule has 2 rings (SSSR count). The Morgan fingerprint density at radius 1 is 1.35 bits per heavy atom. The molecule has 7 heteroatoms. The van der Waals surface area contributed by atoms with E-state index in [0.717, 1.165) is 10.9 Å². The number of hydrogen-bond donors (Lipinski definition) is 1. The van der Waals surface area contributed by atoms with Crippen LogP contribution in [0.5, 0.6) is 0 Å². The van der Waals surface area contributed by atoms with E-state index in [4.69, 9.17) is 5.73 Å². The average molecular weight is 314 g/mol. The number of sulfonamides is 1. The summed E-state index contributed by atoms with van der Waals surface area (Å²) >= 11 is 1.47. The number of benzene rings is 1. The number of hydrogen-bond acceptors (Lipinski definition) is 4. The molecule has 0 saturated carbocycles. The van der Waals surface area contributed by atoms with Crippen LogP contribution < -0.4 is 5.73 Å². The second-order valence-corrected chi connectivity index (χ2v) is 7.34. The maximum absolute atomic E-state index is 13.3. The SMILES string of the molecule is CN(Cc1cccs1)S(=O)(=O)c1cc(F)ccc1CN. The monoisotopic (exact) mass is 314 g/mol. The minimum atomic E-state index is -3.76. The maximum atomic E-state index is 13.3. The summed E-state index contributed by atoms with van der Waals surface area (Å²) in [5, 5.41) is 1.88. The lowest BCUT2D eigenvalue weighted by atomic mass is 10.2. The van der Waals surface area contributed by atoms with Crippen molar-refractivity contribution in [2.75, 3.05) is 7.05 Å². The van der Waals surface area contributed by atoms with Crippen LogP contribution in [0.15, 0.2) is 40.6 Å². The first-order valence-electron chi connectivity index (χ1n) is 5.92. The molecule has 0 aliphatic rings. The summed E-state index contributed by atoms with van der Waals surface area (Å²) in [5.74, 6) is -0.592. The van der Waals surface area contributed by atoms with Gasteiger partial charge in [0.05, 0.1) is 4.90 Å². The molecule has 0 amide bonds. The van der Waals surface area contributed by atoms with E-state index < -0.39 is 15.8 Å². The van der Waals surface area contributed by atoms with E-state index in [1.54, 1.807) is 0 Å². The molecule has 2 aromatic rings. The Bertz CT molecular complexity index is 684. The highest BCUT2D eigenvalue weighted by atomic mass is 32.2. The Balaban J connectivity index is 2.36. The molecule has 108 valence electrons. The minimum absolute atomic E-state index is 0.0433. The van der Waals surface area contributed by atoms with Gasteiger partial charge in [0, 0.05) is 25.0 Å². The molecular weight excluding hydrogens is 299 g/mol. The van der Waals surface area contributed by atoms with Crippen LogP contribution >= 0.6 is 11.3 Å². The Morgan fingerprint density at radius 3 is 2.70 bits per heavy atom. The van der Waals surface area contributed by atoms with Gasteiger partial charge in [-0.3, -0.25) is 0 Å². The largest absolute Gasteiger partial charge is 0.326 e. The Morgan fingerprint density at radius 2 is 2.10 bits per heavy atom. The molecule has 1 aromatic carbocycles. The molecule has 0 spiro atoms. The number of halogens is 1. The first kappa shape index (κ1) is 15.1. The van der Waals surface area contributed by atoms with Crippen molar-refractivity contribution >= 4 is 21.4 Å². The van der Waals surface area contributed by atoms with Crippen LogP contribution in [0.3, 0.4) is 0 Å². The van der Waals surface area contributed by atoms with Gasteiger partial charge in [-0.25, -0.2) is 12.8 Å². The second kappa shape index (κ2) is 6.01. The van der Waals surface area contributed by atoms with E-state index in [1.165, 1.54) is 34.8 Å². The number of nitrogens with zero attached hydrogens (tertiary/aromatic N) is 1. The fourth-order valence-corrected chi connectivity index (χ4v) is 4.04. The first-order chi connectivity index (χ1) is 9.45. The molecule has 4 nitrogen and oxygen atoms in total. The predicted octanol–water partition coefficient (Wildman–Crippen LogP) is 2.17. The normalized spacial score (nSPS) is 12.0. The molecular formula is C13H15FN2O2S2. The smallest absolute Gasteiger partial charge is 0.243 e. The highest BCUT2D eigenvalue weighted by Gasteiger charge is 2.24. The summed E-state index contributed by atoms with van der Waals surface area (Å²) in [6, 6.07) is 7.34. The van der Waals surface area contributed by atoms with Gasteiger partial charge in [0.25, 0.3) is 0 Å². The molecule has 0 aliphatic carbocycles. The standard InChI is InChI=1S/C13H15FN2O2S2/c1-16(9-12-3-2-6-19-12)20(17,18)13-7-11(14)5-4-10(13)8-15/h2-7H,8-9,15H2,1H3. The predicted molar refractivity (Wildman–Crippen MR) is 77.3 cm³/mol. The quantitative estimate of drug-likeness (QED) is 0.920. The Labute approximate surface area is 121 Å². The molecule has 0 bridgehead atoms. The zero-order valence-corrected chi connectivity index (χ0v) is 12.5. The average Bonchev–Trinajstić information content (AvgIpc) is 2.91. The molecule has 2 N–H and O–H groups in total. The number of rotatable bonds is 5. The lowest BCUT2D eigenvalue weighted by molar-refractivity contribution is 0.468. The van der Waals surface area contributed by atoms with Gasteiger partial charge in [-0.1, -0.05) is 12.1 Å². The van der Waals surface area contributed by atoms with E-state index in [0.29, 0.717) is 5.56 Å². The van der Waals surface area contributed by atoms with E-state index in [9.17, 15) is 12.8 Å². The van der Waals surface area contributed by atoms with E-state index in [-0.39, 0.29) is 18.0 Å². The van der Waals surface area contributed by atoms with Crippen LogP contribution in [-0.4, -0.2) is 19.8 Å². The van der Waals surface area contributed by atoms with Crippen molar-refractivity contribution in [3.63, 3.8) is 0 Å². The van der Waals surface area contributed by atoms with Gasteiger partial charge in [0.1, 0.15) is 5.82 Å². The van der Waals surface area contributed by atoms with Gasteiger partial charge >= 0.3 is 0 Å². The van der Waals surface area contributed by atoms with Crippen molar-refractivity contribution in [3.8, 4) is 0 Å². The molecule has 1 heterocycles. The maximum Gasteiger partial charge on any atom is 0.243 e. The van der Waals surface area contributed by atoms with Gasteiger partial charge in [0.2, 0.25) is 10.0 Å². The van der Waals surface area contributed by atoms with Gasteiger partial charge < -0.3 is 5.73 Å². The van der Waals surface area contributed by atoms with Crippen LogP contribution in [-0.2, 0) is 23.1 Å². The van der Waals surface area contributed by atoms with Crippen LogP contribution in [0, 0.1) is 5.82 Å². The van der Waals surface area contributed by atoms with Crippen molar-refractivity contribution in [3.05, 3.63) is 52.0 Å². The lowest BCUT2D eigenvalue weighted by Gasteiger charge is -2.18. The highest BCUT2D eigenvalue weighted by molar-refractivity contribution is 7.89. The molecule has 0 radical (unpaired) electrons. The third kappa shape index (κ3) is 3.06. The highest BCUT2D eigenvalue weighted by Crippen LogP contribution is 2.23.